The molecule has 0 spiro atoms. The molecular formula is C12H12N4O3. The zero-order valence-electron chi connectivity index (χ0n) is 10.3. The van der Waals surface area contributed by atoms with E-state index in [-0.39, 0.29) is 11.9 Å². The Hall–Kier alpha value is -2.57. The summed E-state index contributed by atoms with van der Waals surface area (Å²) < 4.78 is 10.7. The summed E-state index contributed by atoms with van der Waals surface area (Å²) >= 11 is 0. The van der Waals surface area contributed by atoms with Crippen LogP contribution in [0.2, 0.25) is 0 Å². The third-order valence-electron chi connectivity index (χ3n) is 2.96. The highest BCUT2D eigenvalue weighted by Crippen LogP contribution is 2.34. The van der Waals surface area contributed by atoms with E-state index in [0.29, 0.717) is 35.9 Å². The van der Waals surface area contributed by atoms with Crippen molar-refractivity contribution < 1.29 is 13.9 Å². The smallest absolute Gasteiger partial charge is 0.313 e. The SMILES string of the molecule is CN1C(=O)CCOc2ccc(-c3nnc(N)o3)cc21. The summed E-state index contributed by atoms with van der Waals surface area (Å²) in [5.74, 6) is 0.968. The minimum Gasteiger partial charge on any atom is -0.491 e. The minimum atomic E-state index is 0.000873. The summed E-state index contributed by atoms with van der Waals surface area (Å²) in [4.78, 5) is 13.4. The maximum Gasteiger partial charge on any atom is 0.313 e. The normalized spacial score (nSPS) is 14.8. The summed E-state index contributed by atoms with van der Waals surface area (Å²) in [5, 5.41) is 7.42. The maximum absolute atomic E-state index is 11.8. The minimum absolute atomic E-state index is 0.000873. The molecule has 1 aromatic heterocycles. The number of aromatic nitrogens is 2. The van der Waals surface area contributed by atoms with Crippen LogP contribution in [0.5, 0.6) is 5.75 Å². The zero-order chi connectivity index (χ0) is 13.4. The highest BCUT2D eigenvalue weighted by atomic mass is 16.5. The van der Waals surface area contributed by atoms with Crippen LogP contribution in [-0.2, 0) is 4.79 Å². The summed E-state index contributed by atoms with van der Waals surface area (Å²) in [6, 6.07) is 5.34. The average Bonchev–Trinajstić information content (AvgIpc) is 2.79. The Balaban J connectivity index is 2.07. The van der Waals surface area contributed by atoms with Gasteiger partial charge in [-0.3, -0.25) is 4.79 Å². The molecule has 0 fully saturated rings. The monoisotopic (exact) mass is 260 g/mol. The van der Waals surface area contributed by atoms with Crippen LogP contribution in [0.25, 0.3) is 11.5 Å². The molecule has 1 amide bonds. The Morgan fingerprint density at radius 3 is 2.95 bits per heavy atom. The predicted molar refractivity (Wildman–Crippen MR) is 67.7 cm³/mol. The van der Waals surface area contributed by atoms with Crippen molar-refractivity contribution in [1.82, 2.24) is 10.2 Å². The van der Waals surface area contributed by atoms with Gasteiger partial charge in [0, 0.05) is 12.6 Å². The van der Waals surface area contributed by atoms with Gasteiger partial charge in [0.2, 0.25) is 11.8 Å². The van der Waals surface area contributed by atoms with E-state index in [2.05, 4.69) is 10.2 Å². The first kappa shape index (κ1) is 11.5. The lowest BCUT2D eigenvalue weighted by Gasteiger charge is -2.16. The second-order valence-corrected chi connectivity index (χ2v) is 4.18. The largest absolute Gasteiger partial charge is 0.491 e. The molecule has 2 aromatic rings. The molecule has 98 valence electrons. The highest BCUT2D eigenvalue weighted by Gasteiger charge is 2.21. The standard InChI is InChI=1S/C12H12N4O3/c1-16-8-6-7(11-14-15-12(13)19-11)2-3-9(8)18-5-4-10(16)17/h2-3,6H,4-5H2,1H3,(H2,13,15). The van der Waals surface area contributed by atoms with Gasteiger partial charge in [-0.2, -0.15) is 0 Å². The molecular weight excluding hydrogens is 248 g/mol. The van der Waals surface area contributed by atoms with Crippen LogP contribution >= 0.6 is 0 Å². The van der Waals surface area contributed by atoms with Crippen molar-refractivity contribution in [1.29, 1.82) is 0 Å². The molecule has 0 bridgehead atoms. The molecule has 0 saturated carbocycles. The van der Waals surface area contributed by atoms with Gasteiger partial charge in [-0.05, 0) is 18.2 Å². The summed E-state index contributed by atoms with van der Waals surface area (Å²) in [6.45, 7) is 0.378. The third kappa shape index (κ3) is 1.99. The van der Waals surface area contributed by atoms with Crippen molar-refractivity contribution in [3.8, 4) is 17.2 Å². The second-order valence-electron chi connectivity index (χ2n) is 4.18. The van der Waals surface area contributed by atoms with Gasteiger partial charge in [-0.15, -0.1) is 5.10 Å². The average molecular weight is 260 g/mol. The first-order valence-corrected chi connectivity index (χ1v) is 5.78. The lowest BCUT2D eigenvalue weighted by molar-refractivity contribution is -0.118. The number of benzene rings is 1. The Kier molecular flexibility index (Phi) is 2.59. The second kappa shape index (κ2) is 4.27. The topological polar surface area (TPSA) is 94.5 Å². The Morgan fingerprint density at radius 2 is 2.21 bits per heavy atom. The van der Waals surface area contributed by atoms with Crippen LogP contribution in [0.15, 0.2) is 22.6 Å². The first-order valence-electron chi connectivity index (χ1n) is 5.78. The van der Waals surface area contributed by atoms with Crippen LogP contribution < -0.4 is 15.4 Å². The molecule has 0 saturated heterocycles. The Morgan fingerprint density at radius 1 is 1.37 bits per heavy atom. The van der Waals surface area contributed by atoms with E-state index >= 15 is 0 Å². The highest BCUT2D eigenvalue weighted by molar-refractivity contribution is 5.95. The molecule has 1 aliphatic rings. The number of hydrogen-bond acceptors (Lipinski definition) is 6. The molecule has 19 heavy (non-hydrogen) atoms. The fourth-order valence-corrected chi connectivity index (χ4v) is 1.94. The van der Waals surface area contributed by atoms with E-state index in [4.69, 9.17) is 14.9 Å². The van der Waals surface area contributed by atoms with E-state index in [0.717, 1.165) is 0 Å². The van der Waals surface area contributed by atoms with Gasteiger partial charge in [0.25, 0.3) is 0 Å². The first-order chi connectivity index (χ1) is 9.15. The number of hydrogen-bond donors (Lipinski definition) is 1. The van der Waals surface area contributed by atoms with Crippen LogP contribution in [0.3, 0.4) is 0 Å². The summed E-state index contributed by atoms with van der Waals surface area (Å²) in [5.41, 5.74) is 6.76. The molecule has 0 unspecified atom stereocenters. The number of amides is 1. The Bertz CT molecular complexity index is 638. The molecule has 1 aromatic carbocycles. The van der Waals surface area contributed by atoms with E-state index < -0.39 is 0 Å². The number of carbonyl (C=O) groups is 1. The van der Waals surface area contributed by atoms with Gasteiger partial charge in [-0.25, -0.2) is 0 Å². The molecule has 3 rings (SSSR count). The quantitative estimate of drug-likeness (QED) is 0.824. The van der Waals surface area contributed by atoms with Crippen LogP contribution in [-0.4, -0.2) is 29.8 Å². The number of anilines is 2. The van der Waals surface area contributed by atoms with Gasteiger partial charge in [-0.1, -0.05) is 5.10 Å². The third-order valence-corrected chi connectivity index (χ3v) is 2.96. The van der Waals surface area contributed by atoms with Gasteiger partial charge < -0.3 is 19.8 Å². The number of rotatable bonds is 1. The van der Waals surface area contributed by atoms with Crippen molar-refractivity contribution in [3.63, 3.8) is 0 Å². The summed E-state index contributed by atoms with van der Waals surface area (Å²) in [7, 11) is 1.71. The molecule has 0 aliphatic carbocycles. The molecule has 0 radical (unpaired) electrons. The number of fused-ring (bicyclic) bond motifs is 1. The van der Waals surface area contributed by atoms with Crippen molar-refractivity contribution in [2.45, 2.75) is 6.42 Å². The van der Waals surface area contributed by atoms with Crippen molar-refractivity contribution in [3.05, 3.63) is 18.2 Å². The molecule has 2 heterocycles. The Labute approximate surface area is 109 Å². The zero-order valence-corrected chi connectivity index (χ0v) is 10.3. The lowest BCUT2D eigenvalue weighted by atomic mass is 10.1. The maximum atomic E-state index is 11.8. The number of carbonyl (C=O) groups excluding carboxylic acids is 1. The van der Waals surface area contributed by atoms with Crippen molar-refractivity contribution in [2.24, 2.45) is 0 Å². The molecule has 0 atom stereocenters. The van der Waals surface area contributed by atoms with Gasteiger partial charge in [0.05, 0.1) is 18.7 Å². The van der Waals surface area contributed by atoms with E-state index in [9.17, 15) is 4.79 Å². The van der Waals surface area contributed by atoms with E-state index in [1.807, 2.05) is 0 Å². The number of ether oxygens (including phenoxy) is 1. The molecule has 7 nitrogen and oxygen atoms in total. The van der Waals surface area contributed by atoms with E-state index in [1.165, 1.54) is 0 Å². The lowest BCUT2D eigenvalue weighted by Crippen LogP contribution is -2.25. The number of nitrogen functional groups attached to an aromatic ring is 1. The van der Waals surface area contributed by atoms with Crippen molar-refractivity contribution >= 4 is 17.6 Å². The van der Waals surface area contributed by atoms with E-state index in [1.54, 1.807) is 30.1 Å². The molecule has 1 aliphatic heterocycles. The van der Waals surface area contributed by atoms with Gasteiger partial charge >= 0.3 is 6.01 Å². The fourth-order valence-electron chi connectivity index (χ4n) is 1.94. The van der Waals surface area contributed by atoms with Crippen LogP contribution in [0.4, 0.5) is 11.7 Å². The summed E-state index contributed by atoms with van der Waals surface area (Å²) in [6.07, 6.45) is 0.355. The van der Waals surface area contributed by atoms with Gasteiger partial charge in [0.1, 0.15) is 5.75 Å². The van der Waals surface area contributed by atoms with Crippen LogP contribution in [0, 0.1) is 0 Å². The predicted octanol–water partition coefficient (Wildman–Crippen LogP) is 1.06. The van der Waals surface area contributed by atoms with Crippen LogP contribution in [0.1, 0.15) is 6.42 Å². The van der Waals surface area contributed by atoms with Crippen molar-refractivity contribution in [2.75, 3.05) is 24.3 Å². The molecule has 7 heteroatoms. The fraction of sp³-hybridized carbons (Fsp3) is 0.250. The van der Waals surface area contributed by atoms with Gasteiger partial charge in [0.15, 0.2) is 0 Å². The molecule has 2 N–H and O–H groups in total. The number of nitrogens with zero attached hydrogens (tertiary/aromatic N) is 3. The number of nitrogens with two attached hydrogens (primary N) is 1.